The number of nitrogens with zero attached hydrogens (tertiary/aromatic N) is 4. The molecule has 0 bridgehead atoms. The van der Waals surface area contributed by atoms with Crippen molar-refractivity contribution in [1.82, 2.24) is 14.8 Å². The van der Waals surface area contributed by atoms with Gasteiger partial charge in [-0.15, -0.1) is 21.5 Å². The van der Waals surface area contributed by atoms with Gasteiger partial charge in [-0.25, -0.2) is 0 Å². The van der Waals surface area contributed by atoms with Crippen LogP contribution in [0.1, 0.15) is 12.8 Å². The summed E-state index contributed by atoms with van der Waals surface area (Å²) >= 11 is 3.23. The number of hydrogen-bond donors (Lipinski definition) is 0. The van der Waals surface area contributed by atoms with Crippen LogP contribution in [0.4, 0.5) is 0 Å². The zero-order chi connectivity index (χ0) is 16.8. The zero-order valence-electron chi connectivity index (χ0n) is 13.2. The molecule has 0 aliphatic rings. The van der Waals surface area contributed by atoms with Crippen LogP contribution in [-0.4, -0.2) is 27.6 Å². The fraction of sp³-hybridized carbons (Fsp3) is 0.235. The summed E-state index contributed by atoms with van der Waals surface area (Å²) in [5.41, 5.74) is 0.913. The van der Waals surface area contributed by atoms with Gasteiger partial charge >= 0.3 is 0 Å². The lowest BCUT2D eigenvalue weighted by atomic mass is 10.3. The van der Waals surface area contributed by atoms with Gasteiger partial charge in [0.1, 0.15) is 5.75 Å². The Hall–Kier alpha value is -2.30. The molecule has 0 unspecified atom stereocenters. The Bertz CT molecular complexity index is 837. The van der Waals surface area contributed by atoms with Crippen molar-refractivity contribution in [2.75, 3.05) is 12.9 Å². The maximum atomic E-state index is 8.69. The molecule has 1 aromatic carbocycles. The highest BCUT2D eigenvalue weighted by molar-refractivity contribution is 7.99. The van der Waals surface area contributed by atoms with Gasteiger partial charge < -0.3 is 4.74 Å². The first kappa shape index (κ1) is 16.6. The molecular weight excluding hydrogens is 340 g/mol. The Labute approximate surface area is 148 Å². The summed E-state index contributed by atoms with van der Waals surface area (Å²) in [5.74, 6) is 2.40. The molecule has 0 radical (unpaired) electrons. The highest BCUT2D eigenvalue weighted by Gasteiger charge is 2.19. The van der Waals surface area contributed by atoms with Crippen molar-refractivity contribution < 1.29 is 4.74 Å². The van der Waals surface area contributed by atoms with Gasteiger partial charge in [-0.05, 0) is 30.0 Å². The Morgan fingerprint density at radius 2 is 2.12 bits per heavy atom. The van der Waals surface area contributed by atoms with E-state index in [9.17, 15) is 0 Å². The molecule has 0 amide bonds. The van der Waals surface area contributed by atoms with Crippen LogP contribution < -0.4 is 4.74 Å². The van der Waals surface area contributed by atoms with E-state index in [0.717, 1.165) is 39.5 Å². The Balaban J connectivity index is 2.03. The minimum atomic E-state index is 0.549. The molecule has 5 nitrogen and oxygen atoms in total. The van der Waals surface area contributed by atoms with Gasteiger partial charge in [-0.1, -0.05) is 30.0 Å². The van der Waals surface area contributed by atoms with Gasteiger partial charge in [0.2, 0.25) is 0 Å². The highest BCUT2D eigenvalue weighted by atomic mass is 32.2. The van der Waals surface area contributed by atoms with Crippen molar-refractivity contribution in [2.45, 2.75) is 18.0 Å². The first-order valence-electron chi connectivity index (χ1n) is 7.47. The maximum absolute atomic E-state index is 8.69. The summed E-state index contributed by atoms with van der Waals surface area (Å²) in [5, 5.41) is 20.3. The molecule has 3 rings (SSSR count). The molecule has 3 aromatic rings. The first-order valence-corrected chi connectivity index (χ1v) is 9.34. The summed E-state index contributed by atoms with van der Waals surface area (Å²) < 4.78 is 7.54. The second-order valence-electron chi connectivity index (χ2n) is 4.90. The number of aromatic nitrogens is 3. The number of nitriles is 1. The second kappa shape index (κ2) is 7.99. The number of benzene rings is 1. The molecule has 24 heavy (non-hydrogen) atoms. The summed E-state index contributed by atoms with van der Waals surface area (Å²) in [6.45, 7) is 0. The average molecular weight is 356 g/mol. The van der Waals surface area contributed by atoms with Gasteiger partial charge in [0.15, 0.2) is 11.0 Å². The van der Waals surface area contributed by atoms with Crippen LogP contribution in [0.25, 0.3) is 16.4 Å². The van der Waals surface area contributed by atoms with Crippen molar-refractivity contribution in [3.8, 4) is 28.2 Å². The lowest BCUT2D eigenvalue weighted by Crippen LogP contribution is -2.02. The zero-order valence-corrected chi connectivity index (χ0v) is 14.8. The Kier molecular flexibility index (Phi) is 5.51. The molecule has 0 saturated heterocycles. The monoisotopic (exact) mass is 356 g/mol. The standard InChI is InChI=1S/C17H16N4OS2/c1-22-14-8-3-2-7-13(14)21-16(15-9-6-12-23-15)19-20-17(21)24-11-5-4-10-18/h2-3,6-9,12H,4-5,11H2,1H3. The first-order chi connectivity index (χ1) is 11.8. The number of methoxy groups -OCH3 is 1. The van der Waals surface area contributed by atoms with Crippen LogP contribution in [0.15, 0.2) is 46.9 Å². The quantitative estimate of drug-likeness (QED) is 0.464. The normalized spacial score (nSPS) is 10.5. The van der Waals surface area contributed by atoms with Crippen molar-refractivity contribution in [2.24, 2.45) is 0 Å². The molecule has 122 valence electrons. The van der Waals surface area contributed by atoms with E-state index in [-0.39, 0.29) is 0 Å². The molecule has 0 aliphatic heterocycles. The highest BCUT2D eigenvalue weighted by Crippen LogP contribution is 2.34. The van der Waals surface area contributed by atoms with Crippen LogP contribution in [-0.2, 0) is 0 Å². The van der Waals surface area contributed by atoms with E-state index in [4.69, 9.17) is 10.00 Å². The van der Waals surface area contributed by atoms with Crippen LogP contribution in [0.5, 0.6) is 5.75 Å². The lowest BCUT2D eigenvalue weighted by Gasteiger charge is -2.13. The van der Waals surface area contributed by atoms with Gasteiger partial charge in [-0.3, -0.25) is 4.57 Å². The number of hydrogen-bond acceptors (Lipinski definition) is 6. The molecule has 0 fully saturated rings. The van der Waals surface area contributed by atoms with Gasteiger partial charge in [0.25, 0.3) is 0 Å². The molecule has 0 spiro atoms. The molecule has 7 heteroatoms. The molecule has 2 heterocycles. The lowest BCUT2D eigenvalue weighted by molar-refractivity contribution is 0.412. The number of unbranched alkanes of at least 4 members (excludes halogenated alkanes) is 1. The second-order valence-corrected chi connectivity index (χ2v) is 6.91. The largest absolute Gasteiger partial charge is 0.495 e. The minimum absolute atomic E-state index is 0.549. The molecule has 0 atom stereocenters. The van der Waals surface area contributed by atoms with E-state index in [0.29, 0.717) is 6.42 Å². The van der Waals surface area contributed by atoms with Gasteiger partial charge in [0, 0.05) is 12.2 Å². The van der Waals surface area contributed by atoms with Crippen molar-refractivity contribution in [3.05, 3.63) is 41.8 Å². The van der Waals surface area contributed by atoms with Crippen molar-refractivity contribution in [3.63, 3.8) is 0 Å². The van der Waals surface area contributed by atoms with E-state index in [1.54, 1.807) is 30.2 Å². The Morgan fingerprint density at radius 3 is 2.88 bits per heavy atom. The summed E-state index contributed by atoms with van der Waals surface area (Å²) in [7, 11) is 1.66. The average Bonchev–Trinajstić information content (AvgIpc) is 3.28. The SMILES string of the molecule is COc1ccccc1-n1c(SCCCC#N)nnc1-c1cccs1. The van der Waals surface area contributed by atoms with Crippen LogP contribution in [0, 0.1) is 11.3 Å². The predicted molar refractivity (Wildman–Crippen MR) is 96.8 cm³/mol. The van der Waals surface area contributed by atoms with E-state index in [1.807, 2.05) is 46.3 Å². The fourth-order valence-electron chi connectivity index (χ4n) is 2.28. The van der Waals surface area contributed by atoms with Crippen molar-refractivity contribution >= 4 is 23.1 Å². The molecule has 0 N–H and O–H groups in total. The van der Waals surface area contributed by atoms with Gasteiger partial charge in [-0.2, -0.15) is 5.26 Å². The topological polar surface area (TPSA) is 63.7 Å². The van der Waals surface area contributed by atoms with Crippen LogP contribution in [0.3, 0.4) is 0 Å². The number of thioether (sulfide) groups is 1. The number of ether oxygens (including phenoxy) is 1. The molecule has 2 aromatic heterocycles. The molecular formula is C17H16N4OS2. The molecule has 0 saturated carbocycles. The van der Waals surface area contributed by atoms with Crippen LogP contribution >= 0.6 is 23.1 Å². The predicted octanol–water partition coefficient (Wildman–Crippen LogP) is 4.40. The number of thiophene rings is 1. The van der Waals surface area contributed by atoms with Crippen LogP contribution in [0.2, 0.25) is 0 Å². The number of para-hydroxylation sites is 2. The van der Waals surface area contributed by atoms with E-state index in [1.165, 1.54) is 0 Å². The van der Waals surface area contributed by atoms with E-state index < -0.39 is 0 Å². The minimum Gasteiger partial charge on any atom is -0.495 e. The smallest absolute Gasteiger partial charge is 0.196 e. The fourth-order valence-corrected chi connectivity index (χ4v) is 3.86. The van der Waals surface area contributed by atoms with Crippen molar-refractivity contribution in [1.29, 1.82) is 5.26 Å². The summed E-state index contributed by atoms with van der Waals surface area (Å²) in [6.07, 6.45) is 1.38. The third kappa shape index (κ3) is 3.45. The van der Waals surface area contributed by atoms with Gasteiger partial charge in [0.05, 0.1) is 23.7 Å². The molecule has 0 aliphatic carbocycles. The third-order valence-corrected chi connectivity index (χ3v) is 5.25. The number of rotatable bonds is 7. The Morgan fingerprint density at radius 1 is 1.25 bits per heavy atom. The maximum Gasteiger partial charge on any atom is 0.196 e. The third-order valence-electron chi connectivity index (χ3n) is 3.37. The summed E-state index contributed by atoms with van der Waals surface area (Å²) in [6, 6.07) is 14.0. The summed E-state index contributed by atoms with van der Waals surface area (Å²) in [4.78, 5) is 1.05. The van der Waals surface area contributed by atoms with E-state index >= 15 is 0 Å². The van der Waals surface area contributed by atoms with E-state index in [2.05, 4.69) is 16.3 Å².